The molecule has 2 aromatic carbocycles. The fraction of sp³-hybridized carbons (Fsp3) is 0.143. The SMILES string of the molecule is COc1ccc(S(=O)(=O)C(CNC(=O)c2ccc(Br)cc2)c2cccnc2)cc1. The maximum Gasteiger partial charge on any atom is 0.251 e. The second kappa shape index (κ2) is 9.19. The Balaban J connectivity index is 1.88. The van der Waals surface area contributed by atoms with E-state index in [2.05, 4.69) is 26.2 Å². The number of halogens is 1. The van der Waals surface area contributed by atoms with Crippen molar-refractivity contribution in [3.63, 3.8) is 0 Å². The predicted octanol–water partition coefficient (Wildman–Crippen LogP) is 3.80. The molecule has 1 unspecified atom stereocenters. The second-order valence-electron chi connectivity index (χ2n) is 6.21. The number of methoxy groups -OCH3 is 1. The number of rotatable bonds is 7. The molecule has 0 saturated carbocycles. The maximum absolute atomic E-state index is 13.3. The minimum absolute atomic E-state index is 0.0883. The van der Waals surface area contributed by atoms with Crippen LogP contribution in [-0.2, 0) is 9.84 Å². The Bertz CT molecular complexity index is 1070. The molecule has 0 aliphatic carbocycles. The summed E-state index contributed by atoms with van der Waals surface area (Å²) in [6.45, 7) is -0.0883. The first-order chi connectivity index (χ1) is 13.9. The van der Waals surface area contributed by atoms with Crippen molar-refractivity contribution in [2.75, 3.05) is 13.7 Å². The van der Waals surface area contributed by atoms with Crippen molar-refractivity contribution in [3.8, 4) is 5.75 Å². The van der Waals surface area contributed by atoms with Gasteiger partial charge in [0.1, 0.15) is 11.0 Å². The number of benzene rings is 2. The van der Waals surface area contributed by atoms with Gasteiger partial charge in [0.15, 0.2) is 9.84 Å². The van der Waals surface area contributed by atoms with E-state index in [1.807, 2.05) is 0 Å². The van der Waals surface area contributed by atoms with Crippen molar-refractivity contribution >= 4 is 31.7 Å². The molecule has 1 N–H and O–H groups in total. The van der Waals surface area contributed by atoms with E-state index in [0.717, 1.165) is 4.47 Å². The standard InChI is InChI=1S/C21H19BrN2O4S/c1-28-18-8-10-19(11-9-18)29(26,27)20(16-3-2-12-23-13-16)14-24-21(25)15-4-6-17(22)7-5-15/h2-13,20H,14H2,1H3,(H,24,25). The van der Waals surface area contributed by atoms with Gasteiger partial charge in [0.25, 0.3) is 5.91 Å². The van der Waals surface area contributed by atoms with Gasteiger partial charge in [0.2, 0.25) is 0 Å². The Kier molecular flexibility index (Phi) is 6.66. The van der Waals surface area contributed by atoms with Crippen LogP contribution in [0.1, 0.15) is 21.2 Å². The van der Waals surface area contributed by atoms with Gasteiger partial charge in [-0.05, 0) is 60.2 Å². The van der Waals surface area contributed by atoms with E-state index in [0.29, 0.717) is 16.9 Å². The highest BCUT2D eigenvalue weighted by atomic mass is 79.9. The molecule has 0 saturated heterocycles. The number of nitrogens with one attached hydrogen (secondary N) is 1. The number of hydrogen-bond acceptors (Lipinski definition) is 5. The van der Waals surface area contributed by atoms with Crippen LogP contribution >= 0.6 is 15.9 Å². The molecular formula is C21H19BrN2O4S. The molecule has 0 fully saturated rings. The molecule has 1 amide bonds. The highest BCUT2D eigenvalue weighted by Crippen LogP contribution is 2.29. The number of amides is 1. The molecule has 0 radical (unpaired) electrons. The van der Waals surface area contributed by atoms with Crippen LogP contribution in [-0.4, -0.2) is 33.0 Å². The molecule has 8 heteroatoms. The van der Waals surface area contributed by atoms with E-state index in [-0.39, 0.29) is 17.3 Å². The van der Waals surface area contributed by atoms with Crippen LogP contribution in [0.3, 0.4) is 0 Å². The topological polar surface area (TPSA) is 85.4 Å². The van der Waals surface area contributed by atoms with Gasteiger partial charge in [0, 0.05) is 29.0 Å². The quantitative estimate of drug-likeness (QED) is 0.562. The Labute approximate surface area is 178 Å². The minimum atomic E-state index is -3.78. The number of hydrogen-bond donors (Lipinski definition) is 1. The van der Waals surface area contributed by atoms with Crippen molar-refractivity contribution in [2.24, 2.45) is 0 Å². The van der Waals surface area contributed by atoms with Gasteiger partial charge in [-0.25, -0.2) is 8.42 Å². The first-order valence-corrected chi connectivity index (χ1v) is 11.1. The zero-order valence-corrected chi connectivity index (χ0v) is 18.0. The third-order valence-corrected chi connectivity index (χ3v) is 7.02. The molecular weight excluding hydrogens is 456 g/mol. The lowest BCUT2D eigenvalue weighted by Crippen LogP contribution is -2.32. The minimum Gasteiger partial charge on any atom is -0.497 e. The zero-order chi connectivity index (χ0) is 20.9. The molecule has 150 valence electrons. The van der Waals surface area contributed by atoms with Gasteiger partial charge in [-0.2, -0.15) is 0 Å². The average molecular weight is 475 g/mol. The van der Waals surface area contributed by atoms with Crippen LogP contribution in [0.15, 0.2) is 82.4 Å². The summed E-state index contributed by atoms with van der Waals surface area (Å²) < 4.78 is 32.5. The lowest BCUT2D eigenvalue weighted by molar-refractivity contribution is 0.0953. The Morgan fingerprint density at radius 1 is 1.10 bits per heavy atom. The van der Waals surface area contributed by atoms with Crippen molar-refractivity contribution in [1.82, 2.24) is 10.3 Å². The third-order valence-electron chi connectivity index (χ3n) is 4.37. The zero-order valence-electron chi connectivity index (χ0n) is 15.6. The Morgan fingerprint density at radius 3 is 2.38 bits per heavy atom. The van der Waals surface area contributed by atoms with Gasteiger partial charge in [-0.15, -0.1) is 0 Å². The Hall–Kier alpha value is -2.71. The van der Waals surface area contributed by atoms with Crippen molar-refractivity contribution in [1.29, 1.82) is 0 Å². The Morgan fingerprint density at radius 2 is 1.79 bits per heavy atom. The predicted molar refractivity (Wildman–Crippen MR) is 114 cm³/mol. The smallest absolute Gasteiger partial charge is 0.251 e. The largest absolute Gasteiger partial charge is 0.497 e. The molecule has 0 bridgehead atoms. The van der Waals surface area contributed by atoms with Gasteiger partial charge in [-0.1, -0.05) is 22.0 Å². The fourth-order valence-electron chi connectivity index (χ4n) is 2.79. The van der Waals surface area contributed by atoms with Crippen LogP contribution in [0.2, 0.25) is 0 Å². The van der Waals surface area contributed by atoms with Crippen molar-refractivity contribution in [2.45, 2.75) is 10.1 Å². The first-order valence-electron chi connectivity index (χ1n) is 8.73. The fourth-order valence-corrected chi connectivity index (χ4v) is 4.70. The molecule has 3 rings (SSSR count). The van der Waals surface area contributed by atoms with Gasteiger partial charge in [0.05, 0.1) is 12.0 Å². The van der Waals surface area contributed by atoms with E-state index >= 15 is 0 Å². The number of carbonyl (C=O) groups is 1. The average Bonchev–Trinajstić information content (AvgIpc) is 2.75. The number of carbonyl (C=O) groups excluding carboxylic acids is 1. The number of sulfone groups is 1. The van der Waals surface area contributed by atoms with E-state index in [1.54, 1.807) is 54.7 Å². The second-order valence-corrected chi connectivity index (χ2v) is 9.26. The molecule has 29 heavy (non-hydrogen) atoms. The molecule has 1 heterocycles. The monoisotopic (exact) mass is 474 g/mol. The third kappa shape index (κ3) is 5.02. The van der Waals surface area contributed by atoms with Crippen LogP contribution in [0, 0.1) is 0 Å². The summed E-state index contributed by atoms with van der Waals surface area (Å²) in [6.07, 6.45) is 3.07. The summed E-state index contributed by atoms with van der Waals surface area (Å²) in [7, 11) is -2.27. The number of aromatic nitrogens is 1. The lowest BCUT2D eigenvalue weighted by atomic mass is 10.2. The van der Waals surface area contributed by atoms with Crippen LogP contribution in [0.4, 0.5) is 0 Å². The molecule has 1 atom stereocenters. The van der Waals surface area contributed by atoms with Gasteiger partial charge < -0.3 is 10.1 Å². The van der Waals surface area contributed by atoms with E-state index in [4.69, 9.17) is 4.74 Å². The van der Waals surface area contributed by atoms with Crippen LogP contribution < -0.4 is 10.1 Å². The van der Waals surface area contributed by atoms with E-state index < -0.39 is 15.1 Å². The highest BCUT2D eigenvalue weighted by molar-refractivity contribution is 9.10. The number of nitrogens with zero attached hydrogens (tertiary/aromatic N) is 1. The maximum atomic E-state index is 13.3. The summed E-state index contributed by atoms with van der Waals surface area (Å²) in [4.78, 5) is 16.7. The van der Waals surface area contributed by atoms with Crippen LogP contribution in [0.5, 0.6) is 5.75 Å². The van der Waals surface area contributed by atoms with Crippen LogP contribution in [0.25, 0.3) is 0 Å². The first kappa shape index (κ1) is 21.0. The van der Waals surface area contributed by atoms with Crippen molar-refractivity contribution in [3.05, 3.63) is 88.7 Å². The summed E-state index contributed by atoms with van der Waals surface area (Å²) in [5, 5.41) is 1.75. The summed E-state index contributed by atoms with van der Waals surface area (Å²) in [5.74, 6) is 0.210. The molecule has 3 aromatic rings. The van der Waals surface area contributed by atoms with Gasteiger partial charge in [-0.3, -0.25) is 9.78 Å². The molecule has 6 nitrogen and oxygen atoms in total. The normalized spacial score (nSPS) is 12.2. The van der Waals surface area contributed by atoms with Gasteiger partial charge >= 0.3 is 0 Å². The van der Waals surface area contributed by atoms with Crippen molar-refractivity contribution < 1.29 is 17.9 Å². The summed E-state index contributed by atoms with van der Waals surface area (Å²) >= 11 is 3.32. The lowest BCUT2D eigenvalue weighted by Gasteiger charge is -2.19. The molecule has 0 aliphatic heterocycles. The summed E-state index contributed by atoms with van der Waals surface area (Å²) in [5.41, 5.74) is 0.944. The molecule has 0 spiro atoms. The highest BCUT2D eigenvalue weighted by Gasteiger charge is 2.30. The molecule has 0 aliphatic rings. The summed E-state index contributed by atoms with van der Waals surface area (Å²) in [6, 6.07) is 16.4. The number of pyridine rings is 1. The number of ether oxygens (including phenoxy) is 1. The van der Waals surface area contributed by atoms with E-state index in [1.165, 1.54) is 25.4 Å². The molecule has 1 aromatic heterocycles. The van der Waals surface area contributed by atoms with E-state index in [9.17, 15) is 13.2 Å².